The van der Waals surface area contributed by atoms with E-state index in [4.69, 9.17) is 9.84 Å². The van der Waals surface area contributed by atoms with Crippen LogP contribution in [0.5, 0.6) is 5.75 Å². The molecule has 10 nitrogen and oxygen atoms in total. The lowest BCUT2D eigenvalue weighted by Crippen LogP contribution is -2.26. The molecule has 0 aliphatic carbocycles. The van der Waals surface area contributed by atoms with Gasteiger partial charge in [-0.25, -0.2) is 14.8 Å². The highest BCUT2D eigenvalue weighted by Gasteiger charge is 2.30. The molecule has 42 heavy (non-hydrogen) atoms. The number of aromatic carboxylic acids is 1. The number of carbonyl (C=O) groups excluding carboxylic acids is 2. The van der Waals surface area contributed by atoms with Gasteiger partial charge in [0.25, 0.3) is 11.8 Å². The van der Waals surface area contributed by atoms with Crippen LogP contribution < -0.4 is 19.4 Å². The second kappa shape index (κ2) is 11.7. The van der Waals surface area contributed by atoms with E-state index in [1.54, 1.807) is 61.7 Å². The van der Waals surface area contributed by atoms with Crippen molar-refractivity contribution in [2.45, 2.75) is 20.3 Å². The molecule has 1 N–H and O–H groups in total. The number of fused-ring (bicyclic) bond motifs is 2. The highest BCUT2D eigenvalue weighted by molar-refractivity contribution is 6.12. The van der Waals surface area contributed by atoms with Crippen LogP contribution in [0.15, 0.2) is 73.1 Å². The number of hydrogen-bond donors (Lipinski definition) is 1. The van der Waals surface area contributed by atoms with Crippen molar-refractivity contribution in [3.63, 3.8) is 0 Å². The summed E-state index contributed by atoms with van der Waals surface area (Å²) in [6, 6.07) is 16.9. The Morgan fingerprint density at radius 2 is 1.74 bits per heavy atom. The number of hydrogen-bond acceptors (Lipinski definition) is 7. The first-order valence-corrected chi connectivity index (χ1v) is 13.5. The van der Waals surface area contributed by atoms with Crippen molar-refractivity contribution in [3.8, 4) is 5.75 Å². The van der Waals surface area contributed by atoms with Crippen LogP contribution >= 0.6 is 0 Å². The Morgan fingerprint density at radius 3 is 2.43 bits per heavy atom. The first-order chi connectivity index (χ1) is 20.2. The Morgan fingerprint density at radius 1 is 1.00 bits per heavy atom. The molecule has 5 rings (SSSR count). The number of benzene rings is 2. The topological polar surface area (TPSA) is 116 Å². The normalized spacial score (nSPS) is 12.3. The van der Waals surface area contributed by atoms with Crippen molar-refractivity contribution in [2.75, 3.05) is 41.9 Å². The van der Waals surface area contributed by atoms with Crippen molar-refractivity contribution >= 4 is 40.8 Å². The molecule has 0 bridgehead atoms. The van der Waals surface area contributed by atoms with Crippen LogP contribution in [0.3, 0.4) is 0 Å². The van der Waals surface area contributed by atoms with E-state index >= 15 is 0 Å². The summed E-state index contributed by atoms with van der Waals surface area (Å²) in [5, 5.41) is 9.10. The van der Waals surface area contributed by atoms with Crippen LogP contribution in [0, 0.1) is 6.92 Å². The molecular weight excluding hydrogens is 534 g/mol. The third-order valence-electron chi connectivity index (χ3n) is 7.29. The molecule has 10 heteroatoms. The minimum atomic E-state index is -1.02. The Hall–Kier alpha value is -5.25. The summed E-state index contributed by atoms with van der Waals surface area (Å²) in [4.78, 5) is 51.7. The van der Waals surface area contributed by atoms with E-state index in [2.05, 4.69) is 9.97 Å². The van der Waals surface area contributed by atoms with E-state index in [9.17, 15) is 14.4 Å². The van der Waals surface area contributed by atoms with Crippen LogP contribution in [-0.2, 0) is 6.42 Å². The summed E-state index contributed by atoms with van der Waals surface area (Å²) >= 11 is 0. The van der Waals surface area contributed by atoms with Crippen LogP contribution in [0.1, 0.15) is 49.1 Å². The van der Waals surface area contributed by atoms with Gasteiger partial charge in [-0.15, -0.1) is 0 Å². The summed E-state index contributed by atoms with van der Waals surface area (Å²) in [5.74, 6) is 0.527. The fourth-order valence-electron chi connectivity index (χ4n) is 4.92. The Bertz CT molecular complexity index is 1670. The van der Waals surface area contributed by atoms with Crippen LogP contribution in [0.25, 0.3) is 0 Å². The van der Waals surface area contributed by atoms with Crippen molar-refractivity contribution in [1.82, 2.24) is 9.97 Å². The number of aryl methyl sites for hydroxylation is 1. The number of nitrogens with zero attached hydrogens (tertiary/aromatic N) is 5. The lowest BCUT2D eigenvalue weighted by molar-refractivity contribution is 0.0696. The van der Waals surface area contributed by atoms with Crippen molar-refractivity contribution in [2.24, 2.45) is 0 Å². The van der Waals surface area contributed by atoms with Crippen LogP contribution in [0.2, 0.25) is 0 Å². The third-order valence-corrected chi connectivity index (χ3v) is 7.29. The van der Waals surface area contributed by atoms with Gasteiger partial charge in [0, 0.05) is 50.7 Å². The molecule has 0 fully saturated rings. The van der Waals surface area contributed by atoms with Gasteiger partial charge in [-0.1, -0.05) is 0 Å². The summed E-state index contributed by atoms with van der Waals surface area (Å²) in [6.07, 6.45) is 4.00. The number of carbonyl (C=O) groups is 3. The molecule has 1 aliphatic heterocycles. The summed E-state index contributed by atoms with van der Waals surface area (Å²) in [6.45, 7) is 4.84. The van der Waals surface area contributed by atoms with E-state index in [1.165, 1.54) is 17.0 Å². The molecule has 0 saturated carbocycles. The first-order valence-electron chi connectivity index (χ1n) is 13.5. The van der Waals surface area contributed by atoms with Crippen molar-refractivity contribution < 1.29 is 24.2 Å². The summed E-state index contributed by atoms with van der Waals surface area (Å²) in [7, 11) is 3.38. The number of amides is 2. The number of ether oxygens (including phenoxy) is 1. The molecule has 0 spiro atoms. The highest BCUT2D eigenvalue weighted by atomic mass is 16.5. The molecule has 0 radical (unpaired) electrons. The van der Waals surface area contributed by atoms with Gasteiger partial charge < -0.3 is 24.5 Å². The Labute approximate surface area is 243 Å². The smallest absolute Gasteiger partial charge is 0.335 e. The number of rotatable bonds is 8. The lowest BCUT2D eigenvalue weighted by atomic mass is 10.1. The largest absolute Gasteiger partial charge is 0.493 e. The molecule has 2 aromatic heterocycles. The van der Waals surface area contributed by atoms with Crippen LogP contribution in [0.4, 0.5) is 23.0 Å². The van der Waals surface area contributed by atoms with Gasteiger partial charge in [0.05, 0.1) is 23.4 Å². The molecule has 0 atom stereocenters. The maximum Gasteiger partial charge on any atom is 0.335 e. The van der Waals surface area contributed by atoms with Crippen molar-refractivity contribution in [3.05, 3.63) is 101 Å². The molecule has 3 heterocycles. The fourth-order valence-corrected chi connectivity index (χ4v) is 4.92. The number of carboxylic acids is 1. The molecular formula is C32H31N5O5. The van der Waals surface area contributed by atoms with Crippen LogP contribution in [-0.4, -0.2) is 60.1 Å². The molecule has 2 aromatic carbocycles. The average molecular weight is 566 g/mol. The minimum absolute atomic E-state index is 0.149. The number of anilines is 4. The number of carboxylic acid groups (broad SMARTS) is 1. The predicted octanol–water partition coefficient (Wildman–Crippen LogP) is 5.13. The molecule has 1 aliphatic rings. The predicted molar refractivity (Wildman–Crippen MR) is 160 cm³/mol. The molecule has 2 amide bonds. The monoisotopic (exact) mass is 565 g/mol. The number of aromatic nitrogens is 2. The Kier molecular flexibility index (Phi) is 7.88. The van der Waals surface area contributed by atoms with E-state index in [0.29, 0.717) is 53.8 Å². The first kappa shape index (κ1) is 28.3. The molecule has 214 valence electrons. The van der Waals surface area contributed by atoms with Gasteiger partial charge in [-0.3, -0.25) is 9.59 Å². The molecule has 0 saturated heterocycles. The van der Waals surface area contributed by atoms with Gasteiger partial charge in [0.1, 0.15) is 11.6 Å². The highest BCUT2D eigenvalue weighted by Crippen LogP contribution is 2.37. The summed E-state index contributed by atoms with van der Waals surface area (Å²) in [5.41, 5.74) is 4.13. The van der Waals surface area contributed by atoms with E-state index in [1.807, 2.05) is 36.9 Å². The SMILES string of the molecule is CCN1c2ncc(CCOc3ccc(C(=O)N(C)c4ccc(C(=O)O)cc4)cc3C)cc2C(=O)N(C)c2cccnc21. The second-order valence-corrected chi connectivity index (χ2v) is 9.96. The maximum atomic E-state index is 13.4. The molecule has 4 aromatic rings. The third kappa shape index (κ3) is 5.38. The fraction of sp³-hybridized carbons (Fsp3) is 0.219. The van der Waals surface area contributed by atoms with Crippen molar-refractivity contribution in [1.29, 1.82) is 0 Å². The minimum Gasteiger partial charge on any atom is -0.493 e. The van der Waals surface area contributed by atoms with E-state index < -0.39 is 5.97 Å². The molecule has 0 unspecified atom stereocenters. The second-order valence-electron chi connectivity index (χ2n) is 9.96. The summed E-state index contributed by atoms with van der Waals surface area (Å²) < 4.78 is 6.04. The Balaban J connectivity index is 1.26. The van der Waals surface area contributed by atoms with Gasteiger partial charge in [0.15, 0.2) is 5.82 Å². The zero-order chi connectivity index (χ0) is 30.0. The standard InChI is InChI=1S/C32H31N5O5/c1-5-37-28-25(31(39)36(4)26-7-6-15-33-29(26)37)18-21(19-34-28)14-16-42-27-13-10-23(17-20(27)2)30(38)35(3)24-11-8-22(9-12-24)32(40)41/h6-13,15,17-19H,5,14,16H2,1-4H3,(H,40,41). The van der Waals surface area contributed by atoms with Gasteiger partial charge in [-0.2, -0.15) is 0 Å². The average Bonchev–Trinajstić information content (AvgIpc) is 3.09. The number of pyridine rings is 2. The van der Waals surface area contributed by atoms with Gasteiger partial charge >= 0.3 is 5.97 Å². The van der Waals surface area contributed by atoms with Gasteiger partial charge in [-0.05, 0) is 85.6 Å². The zero-order valence-electron chi connectivity index (χ0n) is 23.9. The van der Waals surface area contributed by atoms with E-state index in [0.717, 1.165) is 16.8 Å². The van der Waals surface area contributed by atoms with Gasteiger partial charge in [0.2, 0.25) is 0 Å². The van der Waals surface area contributed by atoms with E-state index in [-0.39, 0.29) is 17.4 Å². The lowest BCUT2D eigenvalue weighted by Gasteiger charge is -2.22. The quantitative estimate of drug-likeness (QED) is 0.313. The maximum absolute atomic E-state index is 13.4. The zero-order valence-corrected chi connectivity index (χ0v) is 23.9.